The summed E-state index contributed by atoms with van der Waals surface area (Å²) in [4.78, 5) is 33.8. The van der Waals surface area contributed by atoms with Crippen LogP contribution in [0.2, 0.25) is 5.02 Å². The summed E-state index contributed by atoms with van der Waals surface area (Å²) in [6.07, 6.45) is 6.07. The Hall–Kier alpha value is -2.50. The Morgan fingerprint density at radius 2 is 1.93 bits per heavy atom. The second kappa shape index (κ2) is 17.0. The van der Waals surface area contributed by atoms with Gasteiger partial charge >= 0.3 is 19.8 Å². The fourth-order valence-electron chi connectivity index (χ4n) is 4.72. The maximum atomic E-state index is 12.9. The van der Waals surface area contributed by atoms with Gasteiger partial charge in [-0.2, -0.15) is 0 Å². The second-order valence-electron chi connectivity index (χ2n) is 10.3. The molecule has 11 nitrogen and oxygen atoms in total. The maximum Gasteiger partial charge on any atom is 0.473 e. The summed E-state index contributed by atoms with van der Waals surface area (Å²) in [5.41, 5.74) is 0.561. The molecule has 1 heterocycles. The van der Waals surface area contributed by atoms with Crippen LogP contribution in [-0.4, -0.2) is 70.3 Å². The summed E-state index contributed by atoms with van der Waals surface area (Å²) in [5.74, 6) is -2.65. The van der Waals surface area contributed by atoms with Gasteiger partial charge in [0.25, 0.3) is 0 Å². The smallest absolute Gasteiger partial charge is 0.473 e. The molecule has 0 saturated carbocycles. The Kier molecular flexibility index (Phi) is 14.4. The number of phenols is 1. The van der Waals surface area contributed by atoms with Gasteiger partial charge in [0.2, 0.25) is 0 Å². The van der Waals surface area contributed by atoms with E-state index in [0.717, 1.165) is 6.42 Å². The molecule has 234 valence electrons. The van der Waals surface area contributed by atoms with Crippen molar-refractivity contribution in [2.45, 2.75) is 64.4 Å². The topological polar surface area (TPSA) is 169 Å². The molecule has 0 aromatic heterocycles. The molecule has 1 aliphatic rings. The SMILES string of the molecule is CCC1C=CC(=O)OC1C(C)CC(C)C(CC(O)C=CC=Cc1cccc(O)c1Cl)OP(=O)(O)OC(COC)C(=O)O. The molecular formula is C29H40ClO11P. The maximum absolute atomic E-state index is 12.9. The molecule has 1 aromatic rings. The number of aliphatic hydroxyl groups is 1. The quantitative estimate of drug-likeness (QED) is 0.102. The second-order valence-corrected chi connectivity index (χ2v) is 12.0. The highest BCUT2D eigenvalue weighted by Crippen LogP contribution is 2.48. The number of carboxylic acid groups (broad SMARTS) is 1. The van der Waals surface area contributed by atoms with E-state index in [0.29, 0.717) is 12.0 Å². The number of aliphatic carboxylic acids is 1. The number of carboxylic acids is 1. The first-order valence-electron chi connectivity index (χ1n) is 13.6. The van der Waals surface area contributed by atoms with Crippen LogP contribution in [0.3, 0.4) is 0 Å². The fraction of sp³-hybridized carbons (Fsp3) is 0.517. The van der Waals surface area contributed by atoms with E-state index in [1.807, 2.05) is 19.9 Å². The lowest BCUT2D eigenvalue weighted by atomic mass is 9.81. The first-order valence-corrected chi connectivity index (χ1v) is 15.5. The lowest BCUT2D eigenvalue weighted by Crippen LogP contribution is -2.37. The number of phosphoric ester groups is 1. The molecule has 4 N–H and O–H groups in total. The summed E-state index contributed by atoms with van der Waals surface area (Å²) in [7, 11) is -3.71. The number of phenolic OH excluding ortho intramolecular Hbond substituents is 1. The summed E-state index contributed by atoms with van der Waals surface area (Å²) in [5, 5.41) is 30.0. The van der Waals surface area contributed by atoms with Gasteiger partial charge in [-0.05, 0) is 36.3 Å². The Bertz CT molecular complexity index is 1180. The van der Waals surface area contributed by atoms with Crippen molar-refractivity contribution in [2.24, 2.45) is 17.8 Å². The summed E-state index contributed by atoms with van der Waals surface area (Å²) < 4.78 is 33.5. The molecule has 1 aromatic carbocycles. The van der Waals surface area contributed by atoms with E-state index in [1.165, 1.54) is 25.3 Å². The van der Waals surface area contributed by atoms with Crippen LogP contribution in [0, 0.1) is 17.8 Å². The molecule has 13 heteroatoms. The van der Waals surface area contributed by atoms with Crippen LogP contribution in [0.15, 0.2) is 48.6 Å². The lowest BCUT2D eigenvalue weighted by molar-refractivity contribution is -0.151. The van der Waals surface area contributed by atoms with Crippen LogP contribution >= 0.6 is 19.4 Å². The minimum absolute atomic E-state index is 0.00209. The van der Waals surface area contributed by atoms with Gasteiger partial charge in [0.1, 0.15) is 11.9 Å². The molecule has 2 rings (SSSR count). The van der Waals surface area contributed by atoms with E-state index in [9.17, 15) is 34.4 Å². The number of hydrogen-bond acceptors (Lipinski definition) is 9. The fourth-order valence-corrected chi connectivity index (χ4v) is 6.07. The van der Waals surface area contributed by atoms with Crippen molar-refractivity contribution in [1.82, 2.24) is 0 Å². The zero-order valence-electron chi connectivity index (χ0n) is 24.0. The number of phosphoric acid groups is 1. The van der Waals surface area contributed by atoms with Crippen molar-refractivity contribution < 1.29 is 52.9 Å². The van der Waals surface area contributed by atoms with Crippen LogP contribution in [0.4, 0.5) is 0 Å². The zero-order valence-corrected chi connectivity index (χ0v) is 25.7. The third-order valence-corrected chi connectivity index (χ3v) is 8.36. The minimum atomic E-state index is -4.93. The number of benzene rings is 1. The number of carbonyl (C=O) groups is 2. The van der Waals surface area contributed by atoms with Gasteiger partial charge in [0.05, 0.1) is 23.8 Å². The molecule has 0 spiro atoms. The Balaban J connectivity index is 2.20. The molecule has 0 aliphatic carbocycles. The monoisotopic (exact) mass is 630 g/mol. The van der Waals surface area contributed by atoms with Gasteiger partial charge < -0.3 is 29.7 Å². The first kappa shape index (κ1) is 35.7. The number of hydrogen-bond donors (Lipinski definition) is 4. The highest BCUT2D eigenvalue weighted by molar-refractivity contribution is 7.47. The normalized spacial score (nSPS) is 22.4. The highest BCUT2D eigenvalue weighted by atomic mass is 35.5. The van der Waals surface area contributed by atoms with E-state index < -0.39 is 56.7 Å². The third kappa shape index (κ3) is 11.3. The molecule has 0 fully saturated rings. The number of allylic oxidation sites excluding steroid dienone is 2. The Labute approximate surface area is 251 Å². The average Bonchev–Trinajstić information content (AvgIpc) is 2.92. The van der Waals surface area contributed by atoms with Crippen LogP contribution in [0.1, 0.15) is 45.6 Å². The summed E-state index contributed by atoms with van der Waals surface area (Å²) >= 11 is 6.07. The molecule has 0 amide bonds. The highest BCUT2D eigenvalue weighted by Gasteiger charge is 2.38. The summed E-state index contributed by atoms with van der Waals surface area (Å²) in [6.45, 7) is 5.15. The predicted octanol–water partition coefficient (Wildman–Crippen LogP) is 5.14. The molecule has 8 unspecified atom stereocenters. The lowest BCUT2D eigenvalue weighted by Gasteiger charge is -2.35. The molecule has 42 heavy (non-hydrogen) atoms. The number of esters is 1. The predicted molar refractivity (Wildman–Crippen MR) is 157 cm³/mol. The number of halogens is 1. The molecule has 0 bridgehead atoms. The number of aromatic hydroxyl groups is 1. The van der Waals surface area contributed by atoms with Crippen LogP contribution in [0.25, 0.3) is 6.08 Å². The summed E-state index contributed by atoms with van der Waals surface area (Å²) in [6, 6.07) is 4.79. The molecule has 1 aliphatic heterocycles. The van der Waals surface area contributed by atoms with Crippen molar-refractivity contribution in [1.29, 1.82) is 0 Å². The van der Waals surface area contributed by atoms with E-state index in [2.05, 4.69) is 0 Å². The third-order valence-electron chi connectivity index (χ3n) is 6.89. The Morgan fingerprint density at radius 3 is 2.57 bits per heavy atom. The largest absolute Gasteiger partial charge is 0.506 e. The average molecular weight is 631 g/mol. The number of cyclic esters (lactones) is 1. The van der Waals surface area contributed by atoms with Crippen molar-refractivity contribution in [2.75, 3.05) is 13.7 Å². The standard InChI is InChI=1S/C29H40ClO11P/c1-5-20-13-14-26(33)39-28(20)19(3)15-18(2)24(40-42(36,37)41-25(17-38-4)29(34)35)16-22(31)11-7-6-9-21-10-8-12-23(32)27(21)30/h6-14,18-20,22,24-25,28,31-32H,5,15-17H2,1-4H3,(H,34,35)(H,36,37). The molecule has 0 radical (unpaired) electrons. The zero-order chi connectivity index (χ0) is 31.4. The van der Waals surface area contributed by atoms with Gasteiger partial charge in [0, 0.05) is 25.5 Å². The molecule has 0 saturated heterocycles. The van der Waals surface area contributed by atoms with E-state index in [1.54, 1.807) is 37.3 Å². The van der Waals surface area contributed by atoms with Crippen LogP contribution in [0.5, 0.6) is 5.75 Å². The van der Waals surface area contributed by atoms with E-state index >= 15 is 0 Å². The van der Waals surface area contributed by atoms with Gasteiger partial charge in [-0.15, -0.1) is 0 Å². The number of carbonyl (C=O) groups excluding carboxylic acids is 1. The molecule has 8 atom stereocenters. The van der Waals surface area contributed by atoms with Gasteiger partial charge in [-0.3, -0.25) is 9.05 Å². The van der Waals surface area contributed by atoms with E-state index in [4.69, 9.17) is 30.1 Å². The van der Waals surface area contributed by atoms with Crippen molar-refractivity contribution in [3.63, 3.8) is 0 Å². The van der Waals surface area contributed by atoms with Crippen LogP contribution in [-0.2, 0) is 32.7 Å². The van der Waals surface area contributed by atoms with Gasteiger partial charge in [0.15, 0.2) is 6.10 Å². The van der Waals surface area contributed by atoms with Gasteiger partial charge in [-0.1, -0.05) is 74.9 Å². The van der Waals surface area contributed by atoms with E-state index in [-0.39, 0.29) is 29.0 Å². The molecular weight excluding hydrogens is 591 g/mol. The van der Waals surface area contributed by atoms with Crippen molar-refractivity contribution >= 4 is 37.4 Å². The number of rotatable bonds is 17. The minimum Gasteiger partial charge on any atom is -0.506 e. The van der Waals surface area contributed by atoms with Crippen LogP contribution < -0.4 is 0 Å². The van der Waals surface area contributed by atoms with Gasteiger partial charge in [-0.25, -0.2) is 14.2 Å². The first-order chi connectivity index (χ1) is 19.8. The van der Waals surface area contributed by atoms with Crippen molar-refractivity contribution in [3.05, 3.63) is 59.2 Å². The number of ether oxygens (including phenoxy) is 2. The number of aliphatic hydroxyl groups excluding tert-OH is 1. The van der Waals surface area contributed by atoms with Crippen molar-refractivity contribution in [3.8, 4) is 5.75 Å². The Morgan fingerprint density at radius 1 is 1.21 bits per heavy atom. The number of methoxy groups -OCH3 is 1.